The van der Waals surface area contributed by atoms with Gasteiger partial charge in [-0.2, -0.15) is 0 Å². The Balaban J connectivity index is 3.24. The molecule has 0 aliphatic carbocycles. The third kappa shape index (κ3) is 2.11. The van der Waals surface area contributed by atoms with Gasteiger partial charge in [-0.1, -0.05) is 20.8 Å². The quantitative estimate of drug-likeness (QED) is 0.718. The van der Waals surface area contributed by atoms with Crippen molar-refractivity contribution in [2.45, 2.75) is 26.2 Å². The Morgan fingerprint density at radius 1 is 1.31 bits per heavy atom. The molecule has 0 aliphatic heterocycles. The maximum atomic E-state index is 5.61. The van der Waals surface area contributed by atoms with Gasteiger partial charge in [0.1, 0.15) is 11.6 Å². The van der Waals surface area contributed by atoms with Crippen LogP contribution < -0.4 is 10.5 Å². The first-order valence-corrected chi connectivity index (χ1v) is 4.26. The summed E-state index contributed by atoms with van der Waals surface area (Å²) in [4.78, 5) is 4.27. The van der Waals surface area contributed by atoms with E-state index in [1.807, 2.05) is 6.07 Å². The number of hydrogen-bond donors (Lipinski definition) is 1. The summed E-state index contributed by atoms with van der Waals surface area (Å²) >= 11 is 0. The molecule has 1 heterocycles. The molecule has 0 saturated heterocycles. The number of nitrogens with zero attached hydrogens (tertiary/aromatic N) is 1. The normalized spacial score (nSPS) is 11.4. The van der Waals surface area contributed by atoms with Crippen LogP contribution in [0.1, 0.15) is 26.5 Å². The fraction of sp³-hybridized carbons (Fsp3) is 0.500. The molecule has 72 valence electrons. The lowest BCUT2D eigenvalue weighted by Gasteiger charge is -2.20. The molecule has 0 amide bonds. The molecule has 13 heavy (non-hydrogen) atoms. The average molecular weight is 180 g/mol. The first-order chi connectivity index (χ1) is 5.95. The summed E-state index contributed by atoms with van der Waals surface area (Å²) in [6.45, 7) is 6.24. The van der Waals surface area contributed by atoms with E-state index in [-0.39, 0.29) is 5.41 Å². The van der Waals surface area contributed by atoms with Gasteiger partial charge in [-0.15, -0.1) is 0 Å². The Labute approximate surface area is 78.9 Å². The molecule has 0 spiro atoms. The van der Waals surface area contributed by atoms with E-state index in [9.17, 15) is 0 Å². The van der Waals surface area contributed by atoms with E-state index in [0.29, 0.717) is 5.82 Å². The number of pyridine rings is 1. The van der Waals surface area contributed by atoms with Crippen molar-refractivity contribution in [2.24, 2.45) is 0 Å². The Morgan fingerprint density at radius 3 is 2.38 bits per heavy atom. The van der Waals surface area contributed by atoms with E-state index in [2.05, 4.69) is 25.8 Å². The van der Waals surface area contributed by atoms with E-state index in [0.717, 1.165) is 11.4 Å². The number of methoxy groups -OCH3 is 1. The Bertz CT molecular complexity index is 302. The summed E-state index contributed by atoms with van der Waals surface area (Å²) in [5, 5.41) is 0. The number of aromatic nitrogens is 1. The lowest BCUT2D eigenvalue weighted by atomic mass is 9.91. The number of nitrogen functional groups attached to an aromatic ring is 1. The van der Waals surface area contributed by atoms with Crippen molar-refractivity contribution in [3.63, 3.8) is 0 Å². The highest BCUT2D eigenvalue weighted by molar-refractivity contribution is 5.40. The summed E-state index contributed by atoms with van der Waals surface area (Å²) in [5.41, 5.74) is 6.47. The van der Waals surface area contributed by atoms with Gasteiger partial charge in [0.25, 0.3) is 0 Å². The second-order valence-corrected chi connectivity index (χ2v) is 4.04. The second kappa shape index (κ2) is 3.24. The van der Waals surface area contributed by atoms with Gasteiger partial charge >= 0.3 is 0 Å². The third-order valence-electron chi connectivity index (χ3n) is 1.81. The largest absolute Gasteiger partial charge is 0.495 e. The summed E-state index contributed by atoms with van der Waals surface area (Å²) in [6, 6.07) is 3.59. The average Bonchev–Trinajstić information content (AvgIpc) is 2.03. The first kappa shape index (κ1) is 9.84. The molecule has 0 bridgehead atoms. The van der Waals surface area contributed by atoms with Gasteiger partial charge in [-0.05, 0) is 12.1 Å². The smallest absolute Gasteiger partial charge is 0.141 e. The fourth-order valence-corrected chi connectivity index (χ4v) is 1.16. The zero-order chi connectivity index (χ0) is 10.1. The molecule has 0 saturated carbocycles. The molecule has 0 fully saturated rings. The Hall–Kier alpha value is -1.25. The van der Waals surface area contributed by atoms with Crippen molar-refractivity contribution in [2.75, 3.05) is 12.8 Å². The highest BCUT2D eigenvalue weighted by Gasteiger charge is 2.20. The molecule has 1 aromatic heterocycles. The lowest BCUT2D eigenvalue weighted by molar-refractivity contribution is 0.392. The van der Waals surface area contributed by atoms with Gasteiger partial charge in [-0.3, -0.25) is 0 Å². The van der Waals surface area contributed by atoms with Crippen molar-refractivity contribution >= 4 is 5.82 Å². The summed E-state index contributed by atoms with van der Waals surface area (Å²) in [7, 11) is 1.64. The lowest BCUT2D eigenvalue weighted by Crippen LogP contribution is -2.15. The number of nitrogens with two attached hydrogens (primary N) is 1. The molecule has 0 radical (unpaired) electrons. The van der Waals surface area contributed by atoms with Gasteiger partial charge < -0.3 is 10.5 Å². The summed E-state index contributed by atoms with van der Waals surface area (Å²) in [5.74, 6) is 1.33. The van der Waals surface area contributed by atoms with Crippen LogP contribution in [0.3, 0.4) is 0 Å². The second-order valence-electron chi connectivity index (χ2n) is 4.04. The minimum absolute atomic E-state index is 0.0409. The number of rotatable bonds is 1. The predicted octanol–water partition coefficient (Wildman–Crippen LogP) is 1.97. The monoisotopic (exact) mass is 180 g/mol. The molecule has 0 atom stereocenters. The van der Waals surface area contributed by atoms with Crippen LogP contribution in [0, 0.1) is 0 Å². The third-order valence-corrected chi connectivity index (χ3v) is 1.81. The Kier molecular flexibility index (Phi) is 2.45. The standard InChI is InChI=1S/C10H16N2O/c1-10(2,3)9-7(13-4)5-6-8(11)12-9/h5-6H,1-4H3,(H2,11,12). The van der Waals surface area contributed by atoms with Crippen LogP contribution in [0.5, 0.6) is 5.75 Å². The van der Waals surface area contributed by atoms with Gasteiger partial charge in [-0.25, -0.2) is 4.98 Å². The van der Waals surface area contributed by atoms with Crippen molar-refractivity contribution in [1.29, 1.82) is 0 Å². The van der Waals surface area contributed by atoms with Crippen LogP contribution in [-0.4, -0.2) is 12.1 Å². The maximum Gasteiger partial charge on any atom is 0.141 e. The minimum atomic E-state index is -0.0409. The van der Waals surface area contributed by atoms with Crippen LogP contribution in [0.2, 0.25) is 0 Å². The Morgan fingerprint density at radius 2 is 1.92 bits per heavy atom. The van der Waals surface area contributed by atoms with E-state index >= 15 is 0 Å². The van der Waals surface area contributed by atoms with Gasteiger partial charge in [0.2, 0.25) is 0 Å². The molecule has 0 aliphatic rings. The minimum Gasteiger partial charge on any atom is -0.495 e. The van der Waals surface area contributed by atoms with Gasteiger partial charge in [0.15, 0.2) is 0 Å². The molecule has 3 heteroatoms. The SMILES string of the molecule is COc1ccc(N)nc1C(C)(C)C. The zero-order valence-electron chi connectivity index (χ0n) is 8.59. The van der Waals surface area contributed by atoms with Crippen LogP contribution in [-0.2, 0) is 5.41 Å². The van der Waals surface area contributed by atoms with E-state index in [1.165, 1.54) is 0 Å². The van der Waals surface area contributed by atoms with Crippen molar-refractivity contribution in [3.8, 4) is 5.75 Å². The van der Waals surface area contributed by atoms with E-state index < -0.39 is 0 Å². The molecule has 3 nitrogen and oxygen atoms in total. The van der Waals surface area contributed by atoms with Crippen LogP contribution in [0.25, 0.3) is 0 Å². The van der Waals surface area contributed by atoms with Crippen LogP contribution >= 0.6 is 0 Å². The van der Waals surface area contributed by atoms with Gasteiger partial charge in [0.05, 0.1) is 12.8 Å². The molecule has 1 rings (SSSR count). The topological polar surface area (TPSA) is 48.1 Å². The molecular formula is C10H16N2O. The summed E-state index contributed by atoms with van der Waals surface area (Å²) < 4.78 is 5.21. The van der Waals surface area contributed by atoms with Crippen LogP contribution in [0.4, 0.5) is 5.82 Å². The molecule has 1 aromatic rings. The van der Waals surface area contributed by atoms with E-state index in [4.69, 9.17) is 10.5 Å². The fourth-order valence-electron chi connectivity index (χ4n) is 1.16. The number of anilines is 1. The zero-order valence-corrected chi connectivity index (χ0v) is 8.59. The van der Waals surface area contributed by atoms with Crippen LogP contribution in [0.15, 0.2) is 12.1 Å². The first-order valence-electron chi connectivity index (χ1n) is 4.26. The maximum absolute atomic E-state index is 5.61. The molecular weight excluding hydrogens is 164 g/mol. The number of hydrogen-bond acceptors (Lipinski definition) is 3. The molecule has 0 unspecified atom stereocenters. The number of ether oxygens (including phenoxy) is 1. The molecule has 2 N–H and O–H groups in total. The summed E-state index contributed by atoms with van der Waals surface area (Å²) in [6.07, 6.45) is 0. The van der Waals surface area contributed by atoms with Crippen molar-refractivity contribution < 1.29 is 4.74 Å². The predicted molar refractivity (Wildman–Crippen MR) is 53.9 cm³/mol. The van der Waals surface area contributed by atoms with E-state index in [1.54, 1.807) is 13.2 Å². The highest BCUT2D eigenvalue weighted by Crippen LogP contribution is 2.29. The highest BCUT2D eigenvalue weighted by atomic mass is 16.5. The van der Waals surface area contributed by atoms with Gasteiger partial charge in [0, 0.05) is 5.41 Å². The van der Waals surface area contributed by atoms with Crippen molar-refractivity contribution in [3.05, 3.63) is 17.8 Å². The van der Waals surface area contributed by atoms with Crippen molar-refractivity contribution in [1.82, 2.24) is 4.98 Å². The molecule has 0 aromatic carbocycles.